The Morgan fingerprint density at radius 2 is 1.87 bits per heavy atom. The maximum atomic E-state index is 12.1. The Labute approximate surface area is 138 Å². The van der Waals surface area contributed by atoms with Crippen molar-refractivity contribution in [2.24, 2.45) is 0 Å². The first-order valence-corrected chi connectivity index (χ1v) is 8.53. The predicted octanol–water partition coefficient (Wildman–Crippen LogP) is 0.359. The predicted molar refractivity (Wildman–Crippen MR) is 88.3 cm³/mol. The fraction of sp³-hybridized carbons (Fsp3) is 0.875. The van der Waals surface area contributed by atoms with Crippen LogP contribution in [0.25, 0.3) is 0 Å². The minimum Gasteiger partial charge on any atom is -0.381 e. The Hall–Kier alpha value is -1.34. The number of carbonyl (C=O) groups excluding carboxylic acids is 2. The number of urea groups is 1. The van der Waals surface area contributed by atoms with Crippen LogP contribution in [0.5, 0.6) is 0 Å². The average molecular weight is 326 g/mol. The van der Waals surface area contributed by atoms with Crippen molar-refractivity contribution < 1.29 is 14.3 Å². The fourth-order valence-electron chi connectivity index (χ4n) is 3.51. The number of rotatable bonds is 5. The van der Waals surface area contributed by atoms with E-state index >= 15 is 0 Å². The lowest BCUT2D eigenvalue weighted by molar-refractivity contribution is -0.119. The number of nitrogens with one attached hydrogen (secondary N) is 1. The molecule has 0 aliphatic carbocycles. The number of likely N-dealkylation sites (tertiary alicyclic amines) is 1. The van der Waals surface area contributed by atoms with E-state index in [0.29, 0.717) is 18.6 Å². The molecule has 23 heavy (non-hydrogen) atoms. The van der Waals surface area contributed by atoms with E-state index < -0.39 is 0 Å². The standard InChI is InChI=1S/C16H30N4O3/c1-13(21)17-7-9-20(14-5-10-23-11-6-14)15-4-8-19(12-15)16(22)18(2)3/h14-15H,4-12H2,1-3H3,(H,17,21). The van der Waals surface area contributed by atoms with Gasteiger partial charge in [0.25, 0.3) is 0 Å². The van der Waals surface area contributed by atoms with Gasteiger partial charge in [0, 0.05) is 72.5 Å². The van der Waals surface area contributed by atoms with Crippen LogP contribution >= 0.6 is 0 Å². The minimum absolute atomic E-state index is 0.00719. The van der Waals surface area contributed by atoms with Crippen LogP contribution in [0.4, 0.5) is 4.79 Å². The Morgan fingerprint density at radius 3 is 2.48 bits per heavy atom. The lowest BCUT2D eigenvalue weighted by Crippen LogP contribution is -2.50. The van der Waals surface area contributed by atoms with Crippen LogP contribution in [-0.4, -0.2) is 92.2 Å². The van der Waals surface area contributed by atoms with Gasteiger partial charge in [0.1, 0.15) is 0 Å². The highest BCUT2D eigenvalue weighted by Gasteiger charge is 2.34. The van der Waals surface area contributed by atoms with Crippen LogP contribution in [0.15, 0.2) is 0 Å². The van der Waals surface area contributed by atoms with Gasteiger partial charge >= 0.3 is 6.03 Å². The molecule has 0 aromatic heterocycles. The molecule has 1 N–H and O–H groups in total. The molecule has 2 heterocycles. The van der Waals surface area contributed by atoms with E-state index in [1.165, 1.54) is 0 Å². The fourth-order valence-corrected chi connectivity index (χ4v) is 3.51. The molecule has 2 fully saturated rings. The van der Waals surface area contributed by atoms with Crippen molar-refractivity contribution in [1.29, 1.82) is 0 Å². The van der Waals surface area contributed by atoms with E-state index in [9.17, 15) is 9.59 Å². The van der Waals surface area contributed by atoms with Gasteiger partial charge in [-0.15, -0.1) is 0 Å². The van der Waals surface area contributed by atoms with Crippen LogP contribution in [0.3, 0.4) is 0 Å². The van der Waals surface area contributed by atoms with Gasteiger partial charge in [-0.3, -0.25) is 9.69 Å². The van der Waals surface area contributed by atoms with Crippen LogP contribution in [0.2, 0.25) is 0 Å². The second kappa shape index (κ2) is 8.49. The number of ether oxygens (including phenoxy) is 1. The van der Waals surface area contributed by atoms with Crippen molar-refractivity contribution in [2.75, 3.05) is 53.5 Å². The van der Waals surface area contributed by atoms with Gasteiger partial charge in [-0.2, -0.15) is 0 Å². The summed E-state index contributed by atoms with van der Waals surface area (Å²) in [5.74, 6) is 0.00719. The first kappa shape index (κ1) is 18.0. The lowest BCUT2D eigenvalue weighted by atomic mass is 10.0. The van der Waals surface area contributed by atoms with Gasteiger partial charge < -0.3 is 19.9 Å². The zero-order valence-electron chi connectivity index (χ0n) is 14.6. The summed E-state index contributed by atoms with van der Waals surface area (Å²) in [4.78, 5) is 29.3. The molecule has 3 amide bonds. The Morgan fingerprint density at radius 1 is 1.17 bits per heavy atom. The summed E-state index contributed by atoms with van der Waals surface area (Å²) in [6.07, 6.45) is 3.05. The van der Waals surface area contributed by atoms with Gasteiger partial charge in [0.15, 0.2) is 0 Å². The zero-order valence-corrected chi connectivity index (χ0v) is 14.6. The van der Waals surface area contributed by atoms with Crippen molar-refractivity contribution in [3.05, 3.63) is 0 Å². The van der Waals surface area contributed by atoms with Crippen molar-refractivity contribution in [3.63, 3.8) is 0 Å². The van der Waals surface area contributed by atoms with E-state index in [4.69, 9.17) is 4.74 Å². The molecule has 7 heteroatoms. The van der Waals surface area contributed by atoms with Crippen LogP contribution < -0.4 is 5.32 Å². The van der Waals surface area contributed by atoms with Gasteiger partial charge in [-0.05, 0) is 19.3 Å². The second-order valence-corrected chi connectivity index (χ2v) is 6.63. The van der Waals surface area contributed by atoms with Crippen molar-refractivity contribution >= 4 is 11.9 Å². The first-order chi connectivity index (χ1) is 11.0. The summed E-state index contributed by atoms with van der Waals surface area (Å²) in [6, 6.07) is 0.939. The topological polar surface area (TPSA) is 65.1 Å². The molecule has 0 aromatic rings. The molecule has 2 saturated heterocycles. The summed E-state index contributed by atoms with van der Waals surface area (Å²) < 4.78 is 5.48. The molecule has 0 aromatic carbocycles. The van der Waals surface area contributed by atoms with E-state index in [1.807, 2.05) is 4.90 Å². The molecule has 0 spiro atoms. The van der Waals surface area contributed by atoms with Crippen molar-refractivity contribution in [3.8, 4) is 0 Å². The molecule has 2 rings (SSSR count). The zero-order chi connectivity index (χ0) is 16.8. The van der Waals surface area contributed by atoms with Crippen molar-refractivity contribution in [1.82, 2.24) is 20.0 Å². The summed E-state index contributed by atoms with van der Waals surface area (Å²) in [7, 11) is 3.59. The summed E-state index contributed by atoms with van der Waals surface area (Å²) >= 11 is 0. The van der Waals surface area contributed by atoms with E-state index in [1.54, 1.807) is 25.9 Å². The minimum atomic E-state index is 0.00719. The summed E-state index contributed by atoms with van der Waals surface area (Å²) in [5.41, 5.74) is 0. The van der Waals surface area contributed by atoms with E-state index in [-0.39, 0.29) is 11.9 Å². The highest BCUT2D eigenvalue weighted by molar-refractivity contribution is 5.74. The summed E-state index contributed by atoms with van der Waals surface area (Å²) in [5, 5.41) is 2.89. The molecule has 7 nitrogen and oxygen atoms in total. The average Bonchev–Trinajstić information content (AvgIpc) is 3.00. The maximum absolute atomic E-state index is 12.1. The molecule has 0 bridgehead atoms. The Kier molecular flexibility index (Phi) is 6.65. The third-order valence-electron chi connectivity index (χ3n) is 4.69. The number of hydrogen-bond acceptors (Lipinski definition) is 4. The van der Waals surface area contributed by atoms with E-state index in [2.05, 4.69) is 10.2 Å². The van der Waals surface area contributed by atoms with E-state index in [0.717, 1.165) is 52.1 Å². The van der Waals surface area contributed by atoms with Crippen LogP contribution in [-0.2, 0) is 9.53 Å². The molecule has 0 radical (unpaired) electrons. The maximum Gasteiger partial charge on any atom is 0.319 e. The Bertz CT molecular complexity index is 410. The molecule has 132 valence electrons. The van der Waals surface area contributed by atoms with Gasteiger partial charge in [-0.1, -0.05) is 0 Å². The summed E-state index contributed by atoms with van der Waals surface area (Å²) in [6.45, 7) is 6.22. The molecular weight excluding hydrogens is 296 g/mol. The number of nitrogens with zero attached hydrogens (tertiary/aromatic N) is 3. The smallest absolute Gasteiger partial charge is 0.319 e. The normalized spacial score (nSPS) is 22.4. The molecule has 2 aliphatic heterocycles. The Balaban J connectivity index is 1.95. The van der Waals surface area contributed by atoms with Crippen LogP contribution in [0.1, 0.15) is 26.2 Å². The quantitative estimate of drug-likeness (QED) is 0.792. The van der Waals surface area contributed by atoms with Gasteiger partial charge in [0.2, 0.25) is 5.91 Å². The first-order valence-electron chi connectivity index (χ1n) is 8.53. The lowest BCUT2D eigenvalue weighted by Gasteiger charge is -2.38. The molecule has 0 saturated carbocycles. The highest BCUT2D eigenvalue weighted by Crippen LogP contribution is 2.23. The molecule has 1 unspecified atom stereocenters. The third kappa shape index (κ3) is 5.07. The van der Waals surface area contributed by atoms with Crippen molar-refractivity contribution in [2.45, 2.75) is 38.3 Å². The monoisotopic (exact) mass is 326 g/mol. The third-order valence-corrected chi connectivity index (χ3v) is 4.69. The van der Waals surface area contributed by atoms with Crippen LogP contribution in [0, 0.1) is 0 Å². The number of carbonyl (C=O) groups is 2. The van der Waals surface area contributed by atoms with Gasteiger partial charge in [-0.25, -0.2) is 4.79 Å². The largest absolute Gasteiger partial charge is 0.381 e. The number of hydrogen-bond donors (Lipinski definition) is 1. The van der Waals surface area contributed by atoms with Gasteiger partial charge in [0.05, 0.1) is 0 Å². The number of amides is 3. The second-order valence-electron chi connectivity index (χ2n) is 6.63. The highest BCUT2D eigenvalue weighted by atomic mass is 16.5. The molecule has 2 aliphatic rings. The SMILES string of the molecule is CC(=O)NCCN(C1CCOCC1)C1CCN(C(=O)N(C)C)C1. The molecule has 1 atom stereocenters. The molecular formula is C16H30N4O3.